The Morgan fingerprint density at radius 1 is 1.20 bits per heavy atom. The predicted molar refractivity (Wildman–Crippen MR) is 106 cm³/mol. The number of benzene rings is 1. The number of amides is 1. The van der Waals surface area contributed by atoms with E-state index < -0.39 is 17.5 Å². The van der Waals surface area contributed by atoms with Crippen molar-refractivity contribution in [3.8, 4) is 32.7 Å². The molecule has 4 aromatic rings. The molecule has 1 aliphatic heterocycles. The Bertz CT molecular complexity index is 1300. The number of carbonyl (C=O) groups excluding carboxylic acids is 1. The van der Waals surface area contributed by atoms with Crippen molar-refractivity contribution in [2.24, 2.45) is 5.73 Å². The zero-order valence-corrected chi connectivity index (χ0v) is 16.1. The normalized spacial score (nSPS) is 12.6. The monoisotopic (exact) mass is 425 g/mol. The second-order valence-corrected chi connectivity index (χ2v) is 7.61. The molecule has 3 aromatic heterocycles. The molecule has 0 saturated carbocycles. The molecule has 0 unspecified atom stereocenters. The number of halogens is 2. The highest BCUT2D eigenvalue weighted by atomic mass is 32.1. The number of ether oxygens (including phenoxy) is 1. The van der Waals surface area contributed by atoms with E-state index in [1.165, 1.54) is 34.5 Å². The van der Waals surface area contributed by atoms with Crippen LogP contribution < -0.4 is 10.5 Å². The zero-order valence-electron chi connectivity index (χ0n) is 15.3. The first-order valence-corrected chi connectivity index (χ1v) is 9.75. The van der Waals surface area contributed by atoms with E-state index in [1.54, 1.807) is 6.07 Å². The first-order chi connectivity index (χ1) is 14.5. The maximum absolute atomic E-state index is 14.3. The van der Waals surface area contributed by atoms with Gasteiger partial charge < -0.3 is 10.5 Å². The number of primary amides is 1. The van der Waals surface area contributed by atoms with Gasteiger partial charge in [0.05, 0.1) is 16.4 Å². The largest absolute Gasteiger partial charge is 0.491 e. The first-order valence-electron chi connectivity index (χ1n) is 8.94. The highest BCUT2D eigenvalue weighted by molar-refractivity contribution is 7.19. The van der Waals surface area contributed by atoms with Gasteiger partial charge in [-0.1, -0.05) is 0 Å². The van der Waals surface area contributed by atoms with Crippen LogP contribution in [0.5, 0.6) is 5.75 Å². The molecular formula is C20H13F2N5O2S. The number of thiophene rings is 1. The standard InChI is InChI=1S/C20H13F2N5O2S/c21-11-1-3-14(12(22)8-11)27-20(24-9-25-27)16-7-10-5-6-29-15-4-2-13(19(23)28)26-17(15)18(10)30-16/h1-4,7-9H,5-6H2,(H2,23,28). The lowest BCUT2D eigenvalue weighted by molar-refractivity contribution is 0.0995. The van der Waals surface area contributed by atoms with Crippen LogP contribution in [0.1, 0.15) is 16.1 Å². The molecule has 0 bridgehead atoms. The molecule has 1 amide bonds. The molecule has 4 heterocycles. The van der Waals surface area contributed by atoms with Crippen molar-refractivity contribution < 1.29 is 18.3 Å². The molecule has 1 aliphatic rings. The maximum atomic E-state index is 14.3. The highest BCUT2D eigenvalue weighted by Gasteiger charge is 2.24. The smallest absolute Gasteiger partial charge is 0.267 e. The Hall–Kier alpha value is -3.66. The lowest BCUT2D eigenvalue weighted by Crippen LogP contribution is -2.13. The number of hydrogen-bond donors (Lipinski definition) is 1. The number of carbonyl (C=O) groups is 1. The highest BCUT2D eigenvalue weighted by Crippen LogP contribution is 2.42. The number of nitrogens with two attached hydrogens (primary N) is 1. The average Bonchev–Trinajstić information content (AvgIpc) is 3.32. The average molecular weight is 425 g/mol. The molecule has 0 radical (unpaired) electrons. The second kappa shape index (κ2) is 6.99. The Balaban J connectivity index is 1.64. The van der Waals surface area contributed by atoms with E-state index >= 15 is 0 Å². The third kappa shape index (κ3) is 3.01. The van der Waals surface area contributed by atoms with Crippen LogP contribution in [0.4, 0.5) is 8.78 Å². The van der Waals surface area contributed by atoms with Crippen LogP contribution in [0.2, 0.25) is 0 Å². The van der Waals surface area contributed by atoms with Crippen LogP contribution in [-0.2, 0) is 6.42 Å². The zero-order chi connectivity index (χ0) is 20.8. The van der Waals surface area contributed by atoms with Gasteiger partial charge in [0.2, 0.25) is 0 Å². The molecule has 30 heavy (non-hydrogen) atoms. The summed E-state index contributed by atoms with van der Waals surface area (Å²) in [5.41, 5.74) is 7.08. The predicted octanol–water partition coefficient (Wildman–Crippen LogP) is 3.37. The number of nitrogens with zero attached hydrogens (tertiary/aromatic N) is 4. The minimum Gasteiger partial charge on any atom is -0.491 e. The number of fused-ring (bicyclic) bond motifs is 3. The molecule has 7 nitrogen and oxygen atoms in total. The minimum atomic E-state index is -0.744. The van der Waals surface area contributed by atoms with E-state index in [9.17, 15) is 13.6 Å². The Labute approximate surface area is 172 Å². The number of rotatable bonds is 3. The molecule has 10 heteroatoms. The van der Waals surface area contributed by atoms with Crippen molar-refractivity contribution in [1.82, 2.24) is 19.7 Å². The van der Waals surface area contributed by atoms with Crippen LogP contribution in [0.15, 0.2) is 42.7 Å². The molecule has 0 atom stereocenters. The van der Waals surface area contributed by atoms with Crippen molar-refractivity contribution in [2.45, 2.75) is 6.42 Å². The summed E-state index contributed by atoms with van der Waals surface area (Å²) in [4.78, 5) is 21.8. The van der Waals surface area contributed by atoms with E-state index in [1.807, 2.05) is 6.07 Å². The van der Waals surface area contributed by atoms with Crippen LogP contribution in [0, 0.1) is 11.6 Å². The van der Waals surface area contributed by atoms with Gasteiger partial charge in [0.25, 0.3) is 5.91 Å². The van der Waals surface area contributed by atoms with E-state index in [4.69, 9.17) is 10.5 Å². The van der Waals surface area contributed by atoms with Crippen LogP contribution in [-0.4, -0.2) is 32.3 Å². The molecule has 150 valence electrons. The van der Waals surface area contributed by atoms with E-state index in [0.717, 1.165) is 27.5 Å². The summed E-state index contributed by atoms with van der Waals surface area (Å²) in [6, 6.07) is 8.38. The van der Waals surface area contributed by atoms with Gasteiger partial charge in [-0.3, -0.25) is 4.79 Å². The topological polar surface area (TPSA) is 95.9 Å². The Morgan fingerprint density at radius 3 is 2.87 bits per heavy atom. The van der Waals surface area contributed by atoms with Crippen molar-refractivity contribution in [3.63, 3.8) is 0 Å². The van der Waals surface area contributed by atoms with Crippen molar-refractivity contribution in [2.75, 3.05) is 6.61 Å². The molecule has 5 rings (SSSR count). The van der Waals surface area contributed by atoms with Gasteiger partial charge in [-0.05, 0) is 35.9 Å². The maximum Gasteiger partial charge on any atom is 0.267 e. The van der Waals surface area contributed by atoms with E-state index in [-0.39, 0.29) is 11.4 Å². The van der Waals surface area contributed by atoms with Gasteiger partial charge in [0.15, 0.2) is 11.6 Å². The number of aromatic nitrogens is 4. The molecular weight excluding hydrogens is 412 g/mol. The summed E-state index contributed by atoms with van der Waals surface area (Å²) in [5.74, 6) is -1.09. The third-order valence-corrected chi connectivity index (χ3v) is 5.85. The van der Waals surface area contributed by atoms with Crippen LogP contribution in [0.25, 0.3) is 27.0 Å². The number of hydrogen-bond acceptors (Lipinski definition) is 6. The summed E-state index contributed by atoms with van der Waals surface area (Å²) >= 11 is 1.37. The van der Waals surface area contributed by atoms with E-state index in [2.05, 4.69) is 15.1 Å². The van der Waals surface area contributed by atoms with E-state index in [0.29, 0.717) is 30.3 Å². The van der Waals surface area contributed by atoms with Gasteiger partial charge in [0, 0.05) is 12.5 Å². The quantitative estimate of drug-likeness (QED) is 0.543. The number of pyridine rings is 1. The molecule has 0 saturated heterocycles. The SMILES string of the molecule is NC(=O)c1ccc2c(n1)-c1sc(-c3ncnn3-c3ccc(F)cc3F)cc1CCO2. The second-order valence-electron chi connectivity index (χ2n) is 6.56. The summed E-state index contributed by atoms with van der Waals surface area (Å²) in [6.07, 6.45) is 1.93. The van der Waals surface area contributed by atoms with Crippen molar-refractivity contribution in [1.29, 1.82) is 0 Å². The lowest BCUT2D eigenvalue weighted by Gasteiger charge is -2.07. The van der Waals surface area contributed by atoms with Crippen LogP contribution in [0.3, 0.4) is 0 Å². The molecule has 1 aromatic carbocycles. The molecule has 0 fully saturated rings. The Morgan fingerprint density at radius 2 is 2.07 bits per heavy atom. The fraction of sp³-hybridized carbons (Fsp3) is 0.100. The lowest BCUT2D eigenvalue weighted by atomic mass is 10.1. The summed E-state index contributed by atoms with van der Waals surface area (Å²) in [5, 5.41) is 4.11. The van der Waals surface area contributed by atoms with Crippen molar-refractivity contribution >= 4 is 17.2 Å². The minimum absolute atomic E-state index is 0.0883. The summed E-state index contributed by atoms with van der Waals surface area (Å²) < 4.78 is 34.7. The fourth-order valence-corrected chi connectivity index (χ4v) is 4.48. The molecule has 2 N–H and O–H groups in total. The fourth-order valence-electron chi connectivity index (χ4n) is 3.30. The third-order valence-electron chi connectivity index (χ3n) is 4.67. The first kappa shape index (κ1) is 18.4. The Kier molecular flexibility index (Phi) is 4.28. The van der Waals surface area contributed by atoms with Crippen LogP contribution >= 0.6 is 11.3 Å². The van der Waals surface area contributed by atoms with Gasteiger partial charge in [-0.2, -0.15) is 5.10 Å². The molecule has 0 spiro atoms. The van der Waals surface area contributed by atoms with Gasteiger partial charge >= 0.3 is 0 Å². The van der Waals surface area contributed by atoms with Gasteiger partial charge in [0.1, 0.15) is 35.0 Å². The summed E-state index contributed by atoms with van der Waals surface area (Å²) in [6.45, 7) is 0.438. The summed E-state index contributed by atoms with van der Waals surface area (Å²) in [7, 11) is 0. The molecule has 0 aliphatic carbocycles. The van der Waals surface area contributed by atoms with Gasteiger partial charge in [-0.25, -0.2) is 23.4 Å². The van der Waals surface area contributed by atoms with Crippen molar-refractivity contribution in [3.05, 3.63) is 65.6 Å². The van der Waals surface area contributed by atoms with Gasteiger partial charge in [-0.15, -0.1) is 11.3 Å².